The Bertz CT molecular complexity index is 1120. The number of rotatable bonds is 7. The van der Waals surface area contributed by atoms with Crippen LogP contribution in [0.5, 0.6) is 5.75 Å². The molecule has 0 saturated heterocycles. The van der Waals surface area contributed by atoms with E-state index in [9.17, 15) is 4.79 Å². The number of carbonyl (C=O) groups is 1. The highest BCUT2D eigenvalue weighted by molar-refractivity contribution is 7.14. The molecular formula is C22H20N4O3S. The largest absolute Gasteiger partial charge is 0.485 e. The van der Waals surface area contributed by atoms with Crippen LogP contribution in [0.1, 0.15) is 34.7 Å². The summed E-state index contributed by atoms with van der Waals surface area (Å²) in [5.74, 6) is 1.52. The number of hydrogen-bond donors (Lipinski definition) is 0. The maximum atomic E-state index is 13.3. The zero-order valence-electron chi connectivity index (χ0n) is 16.6. The first kappa shape index (κ1) is 19.8. The molecule has 0 unspecified atom stereocenters. The summed E-state index contributed by atoms with van der Waals surface area (Å²) in [6, 6.07) is 16.5. The SMILES string of the molecule is CCc1nc(COc2ccc(C(=O)N(c3ccccc3)c3nc(C)cs3)cc2)no1. The van der Waals surface area contributed by atoms with Crippen LogP contribution in [0.4, 0.5) is 10.8 Å². The van der Waals surface area contributed by atoms with Gasteiger partial charge in [0.15, 0.2) is 11.7 Å². The Morgan fingerprint density at radius 1 is 1.10 bits per heavy atom. The van der Waals surface area contributed by atoms with Gasteiger partial charge in [-0.2, -0.15) is 4.98 Å². The monoisotopic (exact) mass is 420 g/mol. The average molecular weight is 420 g/mol. The van der Waals surface area contributed by atoms with Crippen molar-refractivity contribution in [2.24, 2.45) is 0 Å². The fourth-order valence-corrected chi connectivity index (χ4v) is 3.62. The molecule has 0 aliphatic rings. The second-order valence-corrected chi connectivity index (χ2v) is 7.36. The predicted octanol–water partition coefficient (Wildman–Crippen LogP) is 4.95. The second kappa shape index (κ2) is 8.87. The standard InChI is InChI=1S/C22H20N4O3S/c1-3-20-24-19(25-29-20)13-28-18-11-9-16(10-12-18)21(27)26(17-7-5-4-6-8-17)22-23-15(2)14-30-22/h4-12,14H,3,13H2,1-2H3. The number of thiazole rings is 1. The molecule has 0 saturated carbocycles. The number of carbonyl (C=O) groups excluding carboxylic acids is 1. The molecule has 0 atom stereocenters. The van der Waals surface area contributed by atoms with Gasteiger partial charge >= 0.3 is 0 Å². The predicted molar refractivity (Wildman–Crippen MR) is 114 cm³/mol. The van der Waals surface area contributed by atoms with Crippen LogP contribution in [0.25, 0.3) is 0 Å². The molecule has 2 heterocycles. The molecule has 1 amide bonds. The molecule has 152 valence electrons. The van der Waals surface area contributed by atoms with Gasteiger partial charge in [-0.15, -0.1) is 11.3 Å². The van der Waals surface area contributed by atoms with Crippen LogP contribution in [0, 0.1) is 6.92 Å². The maximum absolute atomic E-state index is 13.3. The Hall–Kier alpha value is -3.52. The van der Waals surface area contributed by atoms with E-state index in [2.05, 4.69) is 15.1 Å². The highest BCUT2D eigenvalue weighted by atomic mass is 32.1. The number of ether oxygens (including phenoxy) is 1. The van der Waals surface area contributed by atoms with Crippen LogP contribution >= 0.6 is 11.3 Å². The third-order valence-electron chi connectivity index (χ3n) is 4.30. The number of benzene rings is 2. The van der Waals surface area contributed by atoms with E-state index in [4.69, 9.17) is 9.26 Å². The van der Waals surface area contributed by atoms with Crippen LogP contribution in [-0.2, 0) is 13.0 Å². The quantitative estimate of drug-likeness (QED) is 0.421. The van der Waals surface area contributed by atoms with Gasteiger partial charge in [0.1, 0.15) is 5.75 Å². The van der Waals surface area contributed by atoms with Crippen molar-refractivity contribution in [3.8, 4) is 5.75 Å². The first-order chi connectivity index (χ1) is 14.6. The molecular weight excluding hydrogens is 400 g/mol. The van der Waals surface area contributed by atoms with Gasteiger partial charge < -0.3 is 9.26 Å². The van der Waals surface area contributed by atoms with E-state index in [1.165, 1.54) is 11.3 Å². The molecule has 4 aromatic rings. The smallest absolute Gasteiger partial charge is 0.264 e. The summed E-state index contributed by atoms with van der Waals surface area (Å²) in [7, 11) is 0. The summed E-state index contributed by atoms with van der Waals surface area (Å²) < 4.78 is 10.8. The van der Waals surface area contributed by atoms with E-state index in [0.29, 0.717) is 34.6 Å². The van der Waals surface area contributed by atoms with E-state index >= 15 is 0 Å². The Kier molecular flexibility index (Phi) is 5.85. The van der Waals surface area contributed by atoms with Crippen molar-refractivity contribution in [3.05, 3.63) is 82.9 Å². The first-order valence-electron chi connectivity index (χ1n) is 9.50. The lowest BCUT2D eigenvalue weighted by molar-refractivity contribution is 0.0999. The number of anilines is 2. The lowest BCUT2D eigenvalue weighted by Gasteiger charge is -2.20. The third-order valence-corrected chi connectivity index (χ3v) is 5.24. The van der Waals surface area contributed by atoms with Crippen molar-refractivity contribution >= 4 is 28.1 Å². The molecule has 0 fully saturated rings. The van der Waals surface area contributed by atoms with Crippen molar-refractivity contribution in [3.63, 3.8) is 0 Å². The summed E-state index contributed by atoms with van der Waals surface area (Å²) in [6.07, 6.45) is 0.681. The summed E-state index contributed by atoms with van der Waals surface area (Å²) in [5, 5.41) is 6.42. The number of para-hydroxylation sites is 1. The summed E-state index contributed by atoms with van der Waals surface area (Å²) in [4.78, 5) is 23.6. The summed E-state index contributed by atoms with van der Waals surface area (Å²) >= 11 is 1.43. The highest BCUT2D eigenvalue weighted by Crippen LogP contribution is 2.30. The number of nitrogens with zero attached hydrogens (tertiary/aromatic N) is 4. The zero-order valence-corrected chi connectivity index (χ0v) is 17.4. The van der Waals surface area contributed by atoms with Gasteiger partial charge in [-0.3, -0.25) is 9.69 Å². The molecule has 0 aliphatic carbocycles. The van der Waals surface area contributed by atoms with Gasteiger partial charge in [0.2, 0.25) is 11.7 Å². The topological polar surface area (TPSA) is 81.4 Å². The minimum absolute atomic E-state index is 0.159. The molecule has 4 rings (SSSR count). The molecule has 2 aromatic heterocycles. The van der Waals surface area contributed by atoms with Gasteiger partial charge in [0.25, 0.3) is 5.91 Å². The van der Waals surface area contributed by atoms with Gasteiger partial charge in [-0.25, -0.2) is 4.98 Å². The fraction of sp³-hybridized carbons (Fsp3) is 0.182. The third kappa shape index (κ3) is 4.38. The molecule has 30 heavy (non-hydrogen) atoms. The van der Waals surface area contributed by atoms with E-state index in [1.54, 1.807) is 29.2 Å². The molecule has 0 radical (unpaired) electrons. The highest BCUT2D eigenvalue weighted by Gasteiger charge is 2.22. The Labute approximate surface area is 178 Å². The van der Waals surface area contributed by atoms with Gasteiger partial charge in [-0.1, -0.05) is 30.3 Å². The van der Waals surface area contributed by atoms with Gasteiger partial charge in [-0.05, 0) is 43.3 Å². The Morgan fingerprint density at radius 2 is 1.87 bits per heavy atom. The van der Waals surface area contributed by atoms with Crippen molar-refractivity contribution < 1.29 is 14.1 Å². The van der Waals surface area contributed by atoms with Crippen LogP contribution in [0.2, 0.25) is 0 Å². The second-order valence-electron chi connectivity index (χ2n) is 6.52. The minimum atomic E-state index is -0.159. The number of hydrogen-bond acceptors (Lipinski definition) is 7. The number of aryl methyl sites for hydroxylation is 2. The average Bonchev–Trinajstić information content (AvgIpc) is 3.42. The molecule has 7 nitrogen and oxygen atoms in total. The molecule has 8 heteroatoms. The molecule has 0 bridgehead atoms. The summed E-state index contributed by atoms with van der Waals surface area (Å²) in [6.45, 7) is 4.05. The van der Waals surface area contributed by atoms with E-state index in [1.807, 2.05) is 49.6 Å². The van der Waals surface area contributed by atoms with Gasteiger partial charge in [0, 0.05) is 17.4 Å². The van der Waals surface area contributed by atoms with Crippen LogP contribution in [-0.4, -0.2) is 21.0 Å². The van der Waals surface area contributed by atoms with Crippen molar-refractivity contribution in [1.29, 1.82) is 0 Å². The zero-order chi connectivity index (χ0) is 20.9. The normalized spacial score (nSPS) is 10.7. The van der Waals surface area contributed by atoms with Crippen LogP contribution in [0.15, 0.2) is 64.5 Å². The van der Waals surface area contributed by atoms with E-state index < -0.39 is 0 Å². The molecule has 2 aromatic carbocycles. The van der Waals surface area contributed by atoms with Crippen molar-refractivity contribution in [1.82, 2.24) is 15.1 Å². The van der Waals surface area contributed by atoms with E-state index in [0.717, 1.165) is 11.4 Å². The van der Waals surface area contributed by atoms with Gasteiger partial charge in [0.05, 0.1) is 11.4 Å². The number of amides is 1. The molecule has 0 spiro atoms. The first-order valence-corrected chi connectivity index (χ1v) is 10.4. The lowest BCUT2D eigenvalue weighted by atomic mass is 10.2. The molecule has 0 aliphatic heterocycles. The lowest BCUT2D eigenvalue weighted by Crippen LogP contribution is -2.25. The van der Waals surface area contributed by atoms with Crippen molar-refractivity contribution in [2.45, 2.75) is 26.9 Å². The van der Waals surface area contributed by atoms with E-state index in [-0.39, 0.29) is 12.5 Å². The summed E-state index contributed by atoms with van der Waals surface area (Å²) in [5.41, 5.74) is 2.17. The van der Waals surface area contributed by atoms with Crippen LogP contribution in [0.3, 0.4) is 0 Å². The minimum Gasteiger partial charge on any atom is -0.485 e. The fourth-order valence-electron chi connectivity index (χ4n) is 2.80. The number of aromatic nitrogens is 3. The maximum Gasteiger partial charge on any atom is 0.264 e. The van der Waals surface area contributed by atoms with Crippen LogP contribution < -0.4 is 9.64 Å². The molecule has 0 N–H and O–H groups in total. The Morgan fingerprint density at radius 3 is 2.50 bits per heavy atom. The van der Waals surface area contributed by atoms with Crippen molar-refractivity contribution in [2.75, 3.05) is 4.90 Å². The Balaban J connectivity index is 1.52.